The van der Waals surface area contributed by atoms with Crippen molar-refractivity contribution in [1.82, 2.24) is 5.32 Å². The molecule has 0 atom stereocenters. The summed E-state index contributed by atoms with van der Waals surface area (Å²) in [4.78, 5) is 23.6. The molecule has 0 aliphatic rings. The van der Waals surface area contributed by atoms with E-state index in [4.69, 9.17) is 16.3 Å². The van der Waals surface area contributed by atoms with E-state index in [0.717, 1.165) is 0 Å². The Morgan fingerprint density at radius 2 is 1.92 bits per heavy atom. The van der Waals surface area contributed by atoms with Crippen LogP contribution in [-0.2, 0) is 4.79 Å². The molecule has 126 valence electrons. The van der Waals surface area contributed by atoms with Crippen molar-refractivity contribution in [3.8, 4) is 5.75 Å². The molecule has 2 aromatic carbocycles. The van der Waals surface area contributed by atoms with Crippen LogP contribution in [0.2, 0.25) is 5.02 Å². The predicted molar refractivity (Wildman–Crippen MR) is 95.0 cm³/mol. The van der Waals surface area contributed by atoms with Gasteiger partial charge in [-0.15, -0.1) is 0 Å². The second-order valence-corrected chi connectivity index (χ2v) is 5.32. The van der Waals surface area contributed by atoms with Gasteiger partial charge < -0.3 is 20.7 Å². The van der Waals surface area contributed by atoms with Gasteiger partial charge in [-0.3, -0.25) is 9.59 Å². The number of rotatable bonds is 6. The molecule has 2 amide bonds. The van der Waals surface area contributed by atoms with Gasteiger partial charge in [0, 0.05) is 24.0 Å². The molecule has 0 bridgehead atoms. The highest BCUT2D eigenvalue weighted by molar-refractivity contribution is 6.32. The van der Waals surface area contributed by atoms with Crippen molar-refractivity contribution in [3.63, 3.8) is 0 Å². The van der Waals surface area contributed by atoms with Gasteiger partial charge in [0.25, 0.3) is 5.91 Å². The first-order valence-corrected chi connectivity index (χ1v) is 7.60. The van der Waals surface area contributed by atoms with Gasteiger partial charge in [0.15, 0.2) is 0 Å². The third kappa shape index (κ3) is 4.63. The van der Waals surface area contributed by atoms with Gasteiger partial charge in [0.05, 0.1) is 18.7 Å². The molecule has 0 aliphatic heterocycles. The molecule has 6 nitrogen and oxygen atoms in total. The van der Waals surface area contributed by atoms with Crippen molar-refractivity contribution in [2.24, 2.45) is 0 Å². The van der Waals surface area contributed by atoms with E-state index in [2.05, 4.69) is 16.0 Å². The molecule has 0 saturated carbocycles. The van der Waals surface area contributed by atoms with Crippen LogP contribution in [0.4, 0.5) is 11.4 Å². The van der Waals surface area contributed by atoms with Crippen molar-refractivity contribution in [1.29, 1.82) is 0 Å². The summed E-state index contributed by atoms with van der Waals surface area (Å²) in [6.07, 6.45) is 0. The molecule has 0 unspecified atom stereocenters. The van der Waals surface area contributed by atoms with Gasteiger partial charge in [0.2, 0.25) is 5.91 Å². The van der Waals surface area contributed by atoms with E-state index in [1.807, 2.05) is 0 Å². The maximum Gasteiger partial charge on any atom is 0.251 e. The number of carbonyl (C=O) groups excluding carboxylic acids is 2. The molecule has 0 radical (unpaired) electrons. The summed E-state index contributed by atoms with van der Waals surface area (Å²) in [6, 6.07) is 11.9. The Labute approximate surface area is 145 Å². The van der Waals surface area contributed by atoms with Crippen LogP contribution >= 0.6 is 11.6 Å². The van der Waals surface area contributed by atoms with Crippen LogP contribution in [0.5, 0.6) is 5.75 Å². The first-order valence-electron chi connectivity index (χ1n) is 7.23. The molecular formula is C17H18ClN3O3. The summed E-state index contributed by atoms with van der Waals surface area (Å²) in [6.45, 7) is 0.0564. The SMILES string of the molecule is CNC(=O)c1cccc(NCC(=O)Nc2ccc(OC)c(Cl)c2)c1. The molecular weight excluding hydrogens is 330 g/mol. The Bertz CT molecular complexity index is 750. The number of halogens is 1. The monoisotopic (exact) mass is 347 g/mol. The van der Waals surface area contributed by atoms with E-state index in [0.29, 0.717) is 27.7 Å². The van der Waals surface area contributed by atoms with Crippen LogP contribution in [0.25, 0.3) is 0 Å². The number of ether oxygens (including phenoxy) is 1. The minimum absolute atomic E-state index is 0.0564. The van der Waals surface area contributed by atoms with Crippen molar-refractivity contribution < 1.29 is 14.3 Å². The van der Waals surface area contributed by atoms with Gasteiger partial charge in [-0.05, 0) is 36.4 Å². The second kappa shape index (κ2) is 8.21. The highest BCUT2D eigenvalue weighted by atomic mass is 35.5. The molecule has 7 heteroatoms. The minimum atomic E-state index is -0.235. The van der Waals surface area contributed by atoms with E-state index < -0.39 is 0 Å². The second-order valence-electron chi connectivity index (χ2n) is 4.91. The average Bonchev–Trinajstić information content (AvgIpc) is 2.59. The molecule has 0 aliphatic carbocycles. The maximum absolute atomic E-state index is 12.0. The Morgan fingerprint density at radius 1 is 1.12 bits per heavy atom. The Hall–Kier alpha value is -2.73. The zero-order chi connectivity index (χ0) is 17.5. The number of hydrogen-bond donors (Lipinski definition) is 3. The number of anilines is 2. The smallest absolute Gasteiger partial charge is 0.251 e. The topological polar surface area (TPSA) is 79.5 Å². The Kier molecular flexibility index (Phi) is 6.03. The number of methoxy groups -OCH3 is 1. The van der Waals surface area contributed by atoms with Gasteiger partial charge in [-0.2, -0.15) is 0 Å². The lowest BCUT2D eigenvalue weighted by molar-refractivity contribution is -0.114. The van der Waals surface area contributed by atoms with E-state index >= 15 is 0 Å². The first kappa shape index (κ1) is 17.6. The highest BCUT2D eigenvalue weighted by Gasteiger charge is 2.07. The van der Waals surface area contributed by atoms with Crippen LogP contribution in [-0.4, -0.2) is 32.5 Å². The van der Waals surface area contributed by atoms with Gasteiger partial charge in [-0.25, -0.2) is 0 Å². The molecule has 2 aromatic rings. The molecule has 0 aromatic heterocycles. The van der Waals surface area contributed by atoms with Gasteiger partial charge in [0.1, 0.15) is 5.75 Å². The number of nitrogens with one attached hydrogen (secondary N) is 3. The van der Waals surface area contributed by atoms with Crippen molar-refractivity contribution in [2.75, 3.05) is 31.3 Å². The van der Waals surface area contributed by atoms with E-state index in [1.54, 1.807) is 49.5 Å². The maximum atomic E-state index is 12.0. The van der Waals surface area contributed by atoms with Crippen molar-refractivity contribution in [3.05, 3.63) is 53.1 Å². The standard InChI is InChI=1S/C17H18ClN3O3/c1-19-17(23)11-4-3-5-12(8-11)20-10-16(22)21-13-6-7-15(24-2)14(18)9-13/h3-9,20H,10H2,1-2H3,(H,19,23)(H,21,22). The van der Waals surface area contributed by atoms with Gasteiger partial charge >= 0.3 is 0 Å². The molecule has 0 fully saturated rings. The van der Waals surface area contributed by atoms with Crippen molar-refractivity contribution >= 4 is 34.8 Å². The Balaban J connectivity index is 1.94. The molecule has 0 spiro atoms. The molecule has 0 heterocycles. The average molecular weight is 348 g/mol. The zero-order valence-electron chi connectivity index (χ0n) is 13.4. The van der Waals surface area contributed by atoms with Crippen LogP contribution < -0.4 is 20.7 Å². The summed E-state index contributed by atoms with van der Waals surface area (Å²) in [5.41, 5.74) is 1.77. The van der Waals surface area contributed by atoms with Crippen LogP contribution in [0.1, 0.15) is 10.4 Å². The number of carbonyl (C=O) groups is 2. The van der Waals surface area contributed by atoms with E-state index in [9.17, 15) is 9.59 Å². The Morgan fingerprint density at radius 3 is 2.58 bits per heavy atom. The van der Waals surface area contributed by atoms with E-state index in [-0.39, 0.29) is 18.4 Å². The predicted octanol–water partition coefficient (Wildman–Crippen LogP) is 2.76. The molecule has 3 N–H and O–H groups in total. The zero-order valence-corrected chi connectivity index (χ0v) is 14.1. The number of amides is 2. The lowest BCUT2D eigenvalue weighted by Crippen LogP contribution is -2.22. The van der Waals surface area contributed by atoms with Gasteiger partial charge in [-0.1, -0.05) is 17.7 Å². The summed E-state index contributed by atoms with van der Waals surface area (Å²) in [7, 11) is 3.09. The molecule has 24 heavy (non-hydrogen) atoms. The van der Waals surface area contributed by atoms with Crippen LogP contribution in [0.3, 0.4) is 0 Å². The summed E-state index contributed by atoms with van der Waals surface area (Å²) in [5.74, 6) is 0.122. The first-order chi connectivity index (χ1) is 11.5. The lowest BCUT2D eigenvalue weighted by atomic mass is 10.2. The normalized spacial score (nSPS) is 9.96. The largest absolute Gasteiger partial charge is 0.495 e. The minimum Gasteiger partial charge on any atom is -0.495 e. The third-order valence-electron chi connectivity index (χ3n) is 3.24. The van der Waals surface area contributed by atoms with Crippen LogP contribution in [0, 0.1) is 0 Å². The summed E-state index contributed by atoms with van der Waals surface area (Å²) >= 11 is 6.02. The summed E-state index contributed by atoms with van der Waals surface area (Å²) in [5, 5.41) is 8.67. The van der Waals surface area contributed by atoms with Crippen molar-refractivity contribution in [2.45, 2.75) is 0 Å². The quantitative estimate of drug-likeness (QED) is 0.750. The fraction of sp³-hybridized carbons (Fsp3) is 0.176. The fourth-order valence-electron chi connectivity index (χ4n) is 2.05. The number of benzene rings is 2. The highest BCUT2D eigenvalue weighted by Crippen LogP contribution is 2.27. The lowest BCUT2D eigenvalue weighted by Gasteiger charge is -2.10. The fourth-order valence-corrected chi connectivity index (χ4v) is 2.30. The number of hydrogen-bond acceptors (Lipinski definition) is 4. The molecule has 2 rings (SSSR count). The van der Waals surface area contributed by atoms with Crippen LogP contribution in [0.15, 0.2) is 42.5 Å². The third-order valence-corrected chi connectivity index (χ3v) is 3.54. The molecule has 0 saturated heterocycles. The summed E-state index contributed by atoms with van der Waals surface area (Å²) < 4.78 is 5.06. The van der Waals surface area contributed by atoms with E-state index in [1.165, 1.54) is 7.11 Å².